The average molecular weight is 519 g/mol. The molecule has 0 fully saturated rings. The van der Waals surface area contributed by atoms with Gasteiger partial charge in [0.05, 0.1) is 31.9 Å². The summed E-state index contributed by atoms with van der Waals surface area (Å²) in [6.07, 6.45) is 0.526. The normalized spacial score (nSPS) is 11.0. The highest BCUT2D eigenvalue weighted by atomic mass is 35.5. The van der Waals surface area contributed by atoms with Crippen molar-refractivity contribution in [3.05, 3.63) is 77.3 Å². The van der Waals surface area contributed by atoms with Crippen LogP contribution in [-0.4, -0.2) is 48.7 Å². The van der Waals surface area contributed by atoms with Gasteiger partial charge in [-0.3, -0.25) is 9.10 Å². The van der Waals surface area contributed by atoms with Crippen LogP contribution in [0.3, 0.4) is 0 Å². The zero-order valence-electron chi connectivity index (χ0n) is 19.7. The maximum absolute atomic E-state index is 13.4. The van der Waals surface area contributed by atoms with Crippen molar-refractivity contribution in [2.24, 2.45) is 0 Å². The summed E-state index contributed by atoms with van der Waals surface area (Å²) < 4.78 is 43.6. The van der Waals surface area contributed by atoms with Gasteiger partial charge in [-0.2, -0.15) is 0 Å². The first kappa shape index (κ1) is 26.2. The molecule has 0 unspecified atom stereocenters. The molecule has 0 aliphatic heterocycles. The van der Waals surface area contributed by atoms with Crippen molar-refractivity contribution in [1.82, 2.24) is 5.32 Å². The second-order valence-electron chi connectivity index (χ2n) is 7.45. The van der Waals surface area contributed by atoms with Crippen LogP contribution in [0.1, 0.15) is 5.56 Å². The minimum atomic E-state index is -4.04. The second kappa shape index (κ2) is 11.8. The third-order valence-corrected chi connectivity index (χ3v) is 7.27. The molecule has 8 nitrogen and oxygen atoms in total. The highest BCUT2D eigenvalue weighted by molar-refractivity contribution is 7.92. The first-order chi connectivity index (χ1) is 16.8. The van der Waals surface area contributed by atoms with Crippen LogP contribution in [-0.2, 0) is 21.2 Å². The Morgan fingerprint density at radius 3 is 2.14 bits per heavy atom. The van der Waals surface area contributed by atoms with Gasteiger partial charge in [0.2, 0.25) is 5.91 Å². The van der Waals surface area contributed by atoms with Crippen LogP contribution in [0.5, 0.6) is 17.2 Å². The number of ether oxygens (including phenoxy) is 3. The van der Waals surface area contributed by atoms with Crippen molar-refractivity contribution in [2.45, 2.75) is 11.3 Å². The van der Waals surface area contributed by atoms with Gasteiger partial charge >= 0.3 is 0 Å². The van der Waals surface area contributed by atoms with Gasteiger partial charge < -0.3 is 19.5 Å². The average Bonchev–Trinajstić information content (AvgIpc) is 2.87. The largest absolute Gasteiger partial charge is 0.497 e. The number of methoxy groups -OCH3 is 3. The molecule has 0 saturated heterocycles. The lowest BCUT2D eigenvalue weighted by Crippen LogP contribution is -2.41. The highest BCUT2D eigenvalue weighted by Gasteiger charge is 2.27. The Balaban J connectivity index is 1.75. The van der Waals surface area contributed by atoms with Crippen LogP contribution in [0.4, 0.5) is 5.69 Å². The summed E-state index contributed by atoms with van der Waals surface area (Å²) in [5.74, 6) is 1.28. The van der Waals surface area contributed by atoms with E-state index in [4.69, 9.17) is 25.8 Å². The summed E-state index contributed by atoms with van der Waals surface area (Å²) in [5.41, 5.74) is 1.25. The van der Waals surface area contributed by atoms with Crippen LogP contribution in [0, 0.1) is 0 Å². The number of nitrogens with zero attached hydrogens (tertiary/aromatic N) is 1. The number of hydrogen-bond acceptors (Lipinski definition) is 6. The van der Waals surface area contributed by atoms with E-state index in [-0.39, 0.29) is 4.90 Å². The molecule has 3 aromatic carbocycles. The quantitative estimate of drug-likeness (QED) is 0.413. The van der Waals surface area contributed by atoms with E-state index in [1.165, 1.54) is 19.2 Å². The van der Waals surface area contributed by atoms with Crippen LogP contribution < -0.4 is 23.8 Å². The Kier molecular flexibility index (Phi) is 8.84. The molecular formula is C25H27ClN2O6S. The molecule has 3 rings (SSSR count). The third-order valence-electron chi connectivity index (χ3n) is 5.23. The van der Waals surface area contributed by atoms with Crippen LogP contribution >= 0.6 is 11.6 Å². The van der Waals surface area contributed by atoms with E-state index in [1.54, 1.807) is 56.7 Å². The molecule has 35 heavy (non-hydrogen) atoms. The molecule has 0 heterocycles. The lowest BCUT2D eigenvalue weighted by atomic mass is 10.1. The fourth-order valence-electron chi connectivity index (χ4n) is 3.37. The molecule has 0 aliphatic carbocycles. The number of amides is 1. The van der Waals surface area contributed by atoms with Gasteiger partial charge in [-0.1, -0.05) is 17.7 Å². The number of nitrogens with one attached hydrogen (secondary N) is 1. The van der Waals surface area contributed by atoms with Gasteiger partial charge in [0, 0.05) is 11.6 Å². The van der Waals surface area contributed by atoms with E-state index in [2.05, 4.69) is 5.32 Å². The predicted octanol–water partition coefficient (Wildman–Crippen LogP) is 3.92. The van der Waals surface area contributed by atoms with Crippen molar-refractivity contribution in [2.75, 3.05) is 38.7 Å². The van der Waals surface area contributed by atoms with E-state index in [9.17, 15) is 13.2 Å². The van der Waals surface area contributed by atoms with Crippen molar-refractivity contribution in [3.63, 3.8) is 0 Å². The van der Waals surface area contributed by atoms with Crippen molar-refractivity contribution in [1.29, 1.82) is 0 Å². The lowest BCUT2D eigenvalue weighted by Gasteiger charge is -2.24. The number of benzene rings is 3. The topological polar surface area (TPSA) is 94.2 Å². The monoisotopic (exact) mass is 518 g/mol. The number of sulfonamides is 1. The molecule has 0 bridgehead atoms. The zero-order chi connectivity index (χ0) is 25.4. The maximum Gasteiger partial charge on any atom is 0.264 e. The van der Waals surface area contributed by atoms with Gasteiger partial charge in [-0.15, -0.1) is 0 Å². The van der Waals surface area contributed by atoms with Gasteiger partial charge in [0.25, 0.3) is 10.0 Å². The summed E-state index contributed by atoms with van der Waals surface area (Å²) in [6, 6.07) is 17.7. The number of halogens is 1. The molecule has 1 amide bonds. The Hall–Kier alpha value is -3.43. The van der Waals surface area contributed by atoms with E-state index >= 15 is 0 Å². The fraction of sp³-hybridized carbons (Fsp3) is 0.240. The van der Waals surface area contributed by atoms with Gasteiger partial charge in [-0.25, -0.2) is 8.42 Å². The summed E-state index contributed by atoms with van der Waals surface area (Å²) in [4.78, 5) is 12.8. The molecule has 1 N–H and O–H groups in total. The maximum atomic E-state index is 13.4. The number of anilines is 1. The van der Waals surface area contributed by atoms with Gasteiger partial charge in [0.15, 0.2) is 11.5 Å². The molecule has 0 saturated carbocycles. The summed E-state index contributed by atoms with van der Waals surface area (Å²) in [6.45, 7) is -0.0900. The van der Waals surface area contributed by atoms with Crippen LogP contribution in [0.2, 0.25) is 5.02 Å². The number of carbonyl (C=O) groups excluding carboxylic acids is 1. The molecule has 0 aromatic heterocycles. The molecule has 0 radical (unpaired) electrons. The Labute approximate surface area is 210 Å². The Morgan fingerprint density at radius 1 is 0.886 bits per heavy atom. The standard InChI is InChI=1S/C25H27ClN2O6S/c1-32-21-9-11-22(12-10-21)35(30,31)28(20-7-5-19(26)6-8-20)17-25(29)27-15-14-18-4-13-23(33-2)24(16-18)34-3/h4-13,16H,14-15,17H2,1-3H3,(H,27,29). The molecular weight excluding hydrogens is 492 g/mol. The summed E-state index contributed by atoms with van der Waals surface area (Å²) >= 11 is 5.98. The van der Waals surface area contributed by atoms with Gasteiger partial charge in [-0.05, 0) is 72.6 Å². The minimum Gasteiger partial charge on any atom is -0.497 e. The molecule has 0 spiro atoms. The van der Waals surface area contributed by atoms with E-state index in [0.29, 0.717) is 40.9 Å². The second-order valence-corrected chi connectivity index (χ2v) is 9.75. The molecule has 10 heteroatoms. The van der Waals surface area contributed by atoms with Crippen LogP contribution in [0.25, 0.3) is 0 Å². The predicted molar refractivity (Wildman–Crippen MR) is 135 cm³/mol. The molecule has 0 atom stereocenters. The summed E-state index contributed by atoms with van der Waals surface area (Å²) in [7, 11) is 0.572. The molecule has 0 aliphatic rings. The highest BCUT2D eigenvalue weighted by Crippen LogP contribution is 2.28. The van der Waals surface area contributed by atoms with E-state index < -0.39 is 22.5 Å². The first-order valence-electron chi connectivity index (χ1n) is 10.7. The first-order valence-corrected chi connectivity index (χ1v) is 12.5. The SMILES string of the molecule is COc1ccc(S(=O)(=O)N(CC(=O)NCCc2ccc(OC)c(OC)c2)c2ccc(Cl)cc2)cc1. The zero-order valence-corrected chi connectivity index (χ0v) is 21.2. The van der Waals surface area contributed by atoms with Crippen molar-refractivity contribution < 1.29 is 27.4 Å². The molecule has 186 valence electrons. The minimum absolute atomic E-state index is 0.0337. The van der Waals surface area contributed by atoms with Crippen molar-refractivity contribution >= 4 is 33.2 Å². The third kappa shape index (κ3) is 6.58. The van der Waals surface area contributed by atoms with Crippen molar-refractivity contribution in [3.8, 4) is 17.2 Å². The number of hydrogen-bond donors (Lipinski definition) is 1. The number of rotatable bonds is 11. The smallest absolute Gasteiger partial charge is 0.264 e. The van der Waals surface area contributed by atoms with Gasteiger partial charge in [0.1, 0.15) is 12.3 Å². The Bertz CT molecular complexity index is 1250. The molecule has 3 aromatic rings. The number of carbonyl (C=O) groups is 1. The van der Waals surface area contributed by atoms with E-state index in [1.807, 2.05) is 12.1 Å². The Morgan fingerprint density at radius 2 is 1.54 bits per heavy atom. The summed E-state index contributed by atoms with van der Waals surface area (Å²) in [5, 5.41) is 3.24. The fourth-order valence-corrected chi connectivity index (χ4v) is 4.91. The lowest BCUT2D eigenvalue weighted by molar-refractivity contribution is -0.119. The van der Waals surface area contributed by atoms with Crippen LogP contribution in [0.15, 0.2) is 71.6 Å². The van der Waals surface area contributed by atoms with E-state index in [0.717, 1.165) is 9.87 Å².